The number of methoxy groups -OCH3 is 1. The van der Waals surface area contributed by atoms with Crippen LogP contribution in [0, 0.1) is 6.92 Å². The van der Waals surface area contributed by atoms with Crippen molar-refractivity contribution in [2.75, 3.05) is 7.11 Å². The van der Waals surface area contributed by atoms with Gasteiger partial charge in [-0.2, -0.15) is 0 Å². The van der Waals surface area contributed by atoms with Gasteiger partial charge in [0.1, 0.15) is 12.2 Å². The summed E-state index contributed by atoms with van der Waals surface area (Å²) in [6.07, 6.45) is -0.0753. The minimum atomic E-state index is -0.800. The standard InChI is InChI=1S/C7H8O5/c1-4-5(3-6(8)10-2)12-7(9)11-4/h3H2,1-2H3. The van der Waals surface area contributed by atoms with Crippen molar-refractivity contribution in [3.8, 4) is 0 Å². The van der Waals surface area contributed by atoms with E-state index >= 15 is 0 Å². The number of rotatable bonds is 2. The van der Waals surface area contributed by atoms with Gasteiger partial charge in [-0.1, -0.05) is 0 Å². The molecule has 1 rings (SSSR count). The monoisotopic (exact) mass is 172 g/mol. The zero-order valence-electron chi connectivity index (χ0n) is 6.75. The molecule has 0 spiro atoms. The molecule has 1 aromatic heterocycles. The van der Waals surface area contributed by atoms with Gasteiger partial charge in [0.15, 0.2) is 5.76 Å². The van der Waals surface area contributed by atoms with E-state index in [1.807, 2.05) is 0 Å². The first-order valence-electron chi connectivity index (χ1n) is 3.29. The summed E-state index contributed by atoms with van der Waals surface area (Å²) in [5, 5.41) is 0. The highest BCUT2D eigenvalue weighted by atomic mass is 16.6. The number of hydrogen-bond acceptors (Lipinski definition) is 5. The van der Waals surface area contributed by atoms with Crippen molar-refractivity contribution >= 4 is 5.97 Å². The predicted octanol–water partition coefficient (Wildman–Crippen LogP) is 0.257. The lowest BCUT2D eigenvalue weighted by Crippen LogP contribution is -2.04. The lowest BCUT2D eigenvalue weighted by Gasteiger charge is -1.93. The molecule has 1 aromatic rings. The summed E-state index contributed by atoms with van der Waals surface area (Å²) in [5.41, 5.74) is 0. The summed E-state index contributed by atoms with van der Waals surface area (Å²) < 4.78 is 13.5. The van der Waals surface area contributed by atoms with Gasteiger partial charge in [-0.15, -0.1) is 0 Å². The van der Waals surface area contributed by atoms with E-state index in [2.05, 4.69) is 13.6 Å². The fourth-order valence-corrected chi connectivity index (χ4v) is 0.739. The van der Waals surface area contributed by atoms with Gasteiger partial charge < -0.3 is 13.6 Å². The Hall–Kier alpha value is -1.52. The summed E-state index contributed by atoms with van der Waals surface area (Å²) in [5.74, 6) is -0.744. The number of ether oxygens (including phenoxy) is 1. The minimum absolute atomic E-state index is 0.0753. The molecule has 5 heteroatoms. The topological polar surface area (TPSA) is 69.7 Å². The molecule has 0 amide bonds. The summed E-state index contributed by atoms with van der Waals surface area (Å²) in [7, 11) is 1.26. The Morgan fingerprint density at radius 1 is 1.50 bits per heavy atom. The highest BCUT2D eigenvalue weighted by Gasteiger charge is 2.12. The Balaban J connectivity index is 2.82. The molecule has 0 bridgehead atoms. The fraction of sp³-hybridized carbons (Fsp3) is 0.429. The summed E-state index contributed by atoms with van der Waals surface area (Å²) in [4.78, 5) is 21.2. The van der Waals surface area contributed by atoms with Crippen molar-refractivity contribution in [1.82, 2.24) is 0 Å². The van der Waals surface area contributed by atoms with Crippen molar-refractivity contribution < 1.29 is 18.4 Å². The van der Waals surface area contributed by atoms with Gasteiger partial charge in [0, 0.05) is 0 Å². The van der Waals surface area contributed by atoms with Gasteiger partial charge in [-0.3, -0.25) is 4.79 Å². The molecule has 5 nitrogen and oxygen atoms in total. The van der Waals surface area contributed by atoms with Gasteiger partial charge in [-0.25, -0.2) is 4.79 Å². The number of aryl methyl sites for hydroxylation is 1. The predicted molar refractivity (Wildman–Crippen MR) is 37.7 cm³/mol. The van der Waals surface area contributed by atoms with Crippen LogP contribution in [0.25, 0.3) is 0 Å². The fourth-order valence-electron chi connectivity index (χ4n) is 0.739. The first-order valence-corrected chi connectivity index (χ1v) is 3.29. The Kier molecular flexibility index (Phi) is 2.32. The summed E-state index contributed by atoms with van der Waals surface area (Å²) in [6, 6.07) is 0. The molecule has 0 N–H and O–H groups in total. The van der Waals surface area contributed by atoms with E-state index < -0.39 is 11.8 Å². The van der Waals surface area contributed by atoms with E-state index in [-0.39, 0.29) is 12.2 Å². The Labute approximate surface area is 67.9 Å². The zero-order valence-corrected chi connectivity index (χ0v) is 6.75. The molecule has 0 radical (unpaired) electrons. The molecule has 0 fully saturated rings. The Bertz CT molecular complexity index is 332. The Morgan fingerprint density at radius 3 is 2.58 bits per heavy atom. The first-order chi connectivity index (χ1) is 5.63. The second-order valence-corrected chi connectivity index (χ2v) is 2.19. The normalized spacial score (nSPS) is 9.83. The van der Waals surface area contributed by atoms with Crippen LogP contribution in [0.15, 0.2) is 13.6 Å². The average Bonchev–Trinajstić information content (AvgIpc) is 2.30. The zero-order chi connectivity index (χ0) is 9.14. The SMILES string of the molecule is COC(=O)Cc1oc(=O)oc1C. The molecule has 0 saturated heterocycles. The molecular weight excluding hydrogens is 164 g/mol. The third kappa shape index (κ3) is 1.75. The number of carbonyl (C=O) groups is 1. The number of hydrogen-bond donors (Lipinski definition) is 0. The molecule has 0 atom stereocenters. The quantitative estimate of drug-likeness (QED) is 0.598. The van der Waals surface area contributed by atoms with Crippen LogP contribution in [0.1, 0.15) is 11.5 Å². The van der Waals surface area contributed by atoms with Crippen LogP contribution in [0.3, 0.4) is 0 Å². The van der Waals surface area contributed by atoms with E-state index in [1.54, 1.807) is 6.92 Å². The van der Waals surface area contributed by atoms with Gasteiger partial charge in [-0.05, 0) is 6.92 Å². The molecule has 0 aliphatic carbocycles. The third-order valence-corrected chi connectivity index (χ3v) is 1.37. The van der Waals surface area contributed by atoms with Crippen LogP contribution in [-0.2, 0) is 16.0 Å². The highest BCUT2D eigenvalue weighted by molar-refractivity contribution is 5.71. The number of carbonyl (C=O) groups excluding carboxylic acids is 1. The van der Waals surface area contributed by atoms with Crippen LogP contribution < -0.4 is 5.82 Å². The van der Waals surface area contributed by atoms with Crippen LogP contribution in [0.4, 0.5) is 0 Å². The van der Waals surface area contributed by atoms with E-state index in [9.17, 15) is 9.59 Å². The van der Waals surface area contributed by atoms with Crippen LogP contribution in [0.2, 0.25) is 0 Å². The smallest absolute Gasteiger partial charge is 0.469 e. The molecule has 66 valence electrons. The third-order valence-electron chi connectivity index (χ3n) is 1.37. The minimum Gasteiger partial charge on any atom is -0.469 e. The van der Waals surface area contributed by atoms with Gasteiger partial charge in [0.05, 0.1) is 7.11 Å². The maximum atomic E-state index is 10.7. The summed E-state index contributed by atoms with van der Waals surface area (Å²) >= 11 is 0. The second kappa shape index (κ2) is 3.25. The van der Waals surface area contributed by atoms with Gasteiger partial charge in [0.25, 0.3) is 0 Å². The summed E-state index contributed by atoms with van der Waals surface area (Å²) in [6.45, 7) is 1.54. The molecule has 0 unspecified atom stereocenters. The second-order valence-electron chi connectivity index (χ2n) is 2.19. The molecule has 1 heterocycles. The number of esters is 1. The van der Waals surface area contributed by atoms with Crippen molar-refractivity contribution in [1.29, 1.82) is 0 Å². The molecule has 0 aliphatic heterocycles. The largest absolute Gasteiger partial charge is 0.519 e. The van der Waals surface area contributed by atoms with E-state index in [0.717, 1.165) is 0 Å². The van der Waals surface area contributed by atoms with Crippen LogP contribution in [-0.4, -0.2) is 13.1 Å². The van der Waals surface area contributed by atoms with Crippen LogP contribution in [0.5, 0.6) is 0 Å². The van der Waals surface area contributed by atoms with Crippen molar-refractivity contribution in [3.05, 3.63) is 22.1 Å². The molecule has 0 aromatic carbocycles. The maximum absolute atomic E-state index is 10.7. The van der Waals surface area contributed by atoms with E-state index in [1.165, 1.54) is 7.11 Å². The van der Waals surface area contributed by atoms with Crippen molar-refractivity contribution in [3.63, 3.8) is 0 Å². The molecule has 12 heavy (non-hydrogen) atoms. The van der Waals surface area contributed by atoms with Crippen molar-refractivity contribution in [2.24, 2.45) is 0 Å². The van der Waals surface area contributed by atoms with E-state index in [0.29, 0.717) is 5.76 Å². The maximum Gasteiger partial charge on any atom is 0.519 e. The van der Waals surface area contributed by atoms with Crippen LogP contribution >= 0.6 is 0 Å². The average molecular weight is 172 g/mol. The lowest BCUT2D eigenvalue weighted by atomic mass is 10.3. The lowest BCUT2D eigenvalue weighted by molar-refractivity contribution is -0.140. The molecule has 0 aliphatic rings. The molecule has 0 saturated carbocycles. The highest BCUT2D eigenvalue weighted by Crippen LogP contribution is 2.05. The van der Waals surface area contributed by atoms with Gasteiger partial charge in [0.2, 0.25) is 0 Å². The van der Waals surface area contributed by atoms with Gasteiger partial charge >= 0.3 is 11.8 Å². The Morgan fingerprint density at radius 2 is 2.17 bits per heavy atom. The van der Waals surface area contributed by atoms with E-state index in [4.69, 9.17) is 0 Å². The molecular formula is C7H8O5. The van der Waals surface area contributed by atoms with Crippen molar-refractivity contribution in [2.45, 2.75) is 13.3 Å². The first kappa shape index (κ1) is 8.58.